The summed E-state index contributed by atoms with van der Waals surface area (Å²) in [7, 11) is -3.12. The second-order valence-electron chi connectivity index (χ2n) is 7.09. The fourth-order valence-electron chi connectivity index (χ4n) is 3.34. The zero-order valence-corrected chi connectivity index (χ0v) is 15.4. The van der Waals surface area contributed by atoms with E-state index in [1.165, 1.54) is 4.31 Å². The van der Waals surface area contributed by atoms with Gasteiger partial charge in [0.25, 0.3) is 0 Å². The zero-order chi connectivity index (χ0) is 17.3. The highest BCUT2D eigenvalue weighted by Gasteiger charge is 2.35. The summed E-state index contributed by atoms with van der Waals surface area (Å²) in [5, 5.41) is 3.05. The van der Waals surface area contributed by atoms with Gasteiger partial charge in [0.2, 0.25) is 10.0 Å². The number of morpholine rings is 1. The summed E-state index contributed by atoms with van der Waals surface area (Å²) in [6, 6.07) is -0.0444. The van der Waals surface area contributed by atoms with Crippen LogP contribution in [0.15, 0.2) is 0 Å². The molecule has 0 aromatic carbocycles. The molecular weight excluding hydrogens is 318 g/mol. The molecule has 2 saturated heterocycles. The molecule has 2 rings (SSSR count). The largest absolute Gasteiger partial charge is 0.369 e. The molecule has 2 aliphatic rings. The molecule has 0 spiro atoms. The number of amides is 2. The molecular formula is C15H29N3O4S. The lowest BCUT2D eigenvalue weighted by Gasteiger charge is -2.42. The third kappa shape index (κ3) is 4.81. The van der Waals surface area contributed by atoms with Gasteiger partial charge < -0.3 is 15.0 Å². The minimum atomic E-state index is -3.12. The van der Waals surface area contributed by atoms with Crippen LogP contribution in [0.1, 0.15) is 40.5 Å². The minimum absolute atomic E-state index is 0.0149. The van der Waals surface area contributed by atoms with Gasteiger partial charge in [-0.15, -0.1) is 0 Å². The topological polar surface area (TPSA) is 79.0 Å². The fourth-order valence-corrected chi connectivity index (χ4v) is 4.47. The number of piperidine rings is 1. The molecule has 1 N–H and O–H groups in total. The predicted molar refractivity (Wildman–Crippen MR) is 88.8 cm³/mol. The quantitative estimate of drug-likeness (QED) is 0.826. The summed E-state index contributed by atoms with van der Waals surface area (Å²) < 4.78 is 31.0. The van der Waals surface area contributed by atoms with Crippen molar-refractivity contribution >= 4 is 16.1 Å². The maximum absolute atomic E-state index is 12.5. The van der Waals surface area contributed by atoms with E-state index in [9.17, 15) is 13.2 Å². The van der Waals surface area contributed by atoms with Gasteiger partial charge in [0, 0.05) is 25.7 Å². The normalized spacial score (nSPS) is 27.0. The summed E-state index contributed by atoms with van der Waals surface area (Å²) in [4.78, 5) is 14.3. The number of hydrogen-bond donors (Lipinski definition) is 1. The van der Waals surface area contributed by atoms with Crippen molar-refractivity contribution in [1.29, 1.82) is 0 Å². The Balaban J connectivity index is 1.85. The van der Waals surface area contributed by atoms with Gasteiger partial charge in [-0.2, -0.15) is 0 Å². The van der Waals surface area contributed by atoms with Crippen molar-refractivity contribution in [3.8, 4) is 0 Å². The van der Waals surface area contributed by atoms with E-state index in [0.717, 1.165) is 0 Å². The number of urea groups is 1. The van der Waals surface area contributed by atoms with Gasteiger partial charge in [0.05, 0.1) is 24.0 Å². The van der Waals surface area contributed by atoms with Crippen LogP contribution in [0, 0.1) is 0 Å². The number of sulfonamides is 1. The van der Waals surface area contributed by atoms with Crippen LogP contribution >= 0.6 is 0 Å². The first-order valence-corrected chi connectivity index (χ1v) is 9.95. The molecule has 1 atom stereocenters. The lowest BCUT2D eigenvalue weighted by atomic mass is 10.1. The summed E-state index contributed by atoms with van der Waals surface area (Å²) in [6.45, 7) is 9.69. The van der Waals surface area contributed by atoms with Crippen LogP contribution < -0.4 is 5.32 Å². The number of ether oxygens (including phenoxy) is 1. The summed E-state index contributed by atoms with van der Waals surface area (Å²) in [6.07, 6.45) is 1.34. The lowest BCUT2D eigenvalue weighted by Crippen LogP contribution is -2.58. The molecule has 0 radical (unpaired) electrons. The van der Waals surface area contributed by atoms with Crippen molar-refractivity contribution in [3.05, 3.63) is 0 Å². The summed E-state index contributed by atoms with van der Waals surface area (Å²) >= 11 is 0. The molecule has 0 aromatic rings. The molecule has 2 amide bonds. The highest BCUT2D eigenvalue weighted by Crippen LogP contribution is 2.21. The Hall–Kier alpha value is -0.860. The molecule has 134 valence electrons. The molecule has 0 aliphatic carbocycles. The van der Waals surface area contributed by atoms with Gasteiger partial charge in [-0.1, -0.05) is 0 Å². The predicted octanol–water partition coefficient (Wildman–Crippen LogP) is 1.01. The van der Waals surface area contributed by atoms with Crippen LogP contribution in [0.25, 0.3) is 0 Å². The summed E-state index contributed by atoms with van der Waals surface area (Å²) in [5.74, 6) is 0.130. The van der Waals surface area contributed by atoms with Gasteiger partial charge >= 0.3 is 6.03 Å². The molecule has 0 aromatic heterocycles. The Labute approximate surface area is 139 Å². The molecule has 7 nitrogen and oxygen atoms in total. The van der Waals surface area contributed by atoms with Crippen molar-refractivity contribution in [2.24, 2.45) is 0 Å². The van der Waals surface area contributed by atoms with Gasteiger partial charge in [-0.05, 0) is 40.5 Å². The van der Waals surface area contributed by atoms with Gasteiger partial charge in [-0.3, -0.25) is 0 Å². The molecule has 2 fully saturated rings. The molecule has 2 heterocycles. The average molecular weight is 347 g/mol. The van der Waals surface area contributed by atoms with Gasteiger partial charge in [-0.25, -0.2) is 17.5 Å². The zero-order valence-electron chi connectivity index (χ0n) is 14.5. The molecule has 0 bridgehead atoms. The van der Waals surface area contributed by atoms with E-state index >= 15 is 0 Å². The first kappa shape index (κ1) is 18.5. The Morgan fingerprint density at radius 2 is 1.91 bits per heavy atom. The van der Waals surface area contributed by atoms with Crippen LogP contribution in [0.3, 0.4) is 0 Å². The third-order valence-electron chi connectivity index (χ3n) is 4.40. The van der Waals surface area contributed by atoms with E-state index in [-0.39, 0.29) is 29.5 Å². The maximum Gasteiger partial charge on any atom is 0.317 e. The molecule has 0 saturated carbocycles. The number of hydrogen-bond acceptors (Lipinski definition) is 4. The van der Waals surface area contributed by atoms with E-state index < -0.39 is 10.0 Å². The van der Waals surface area contributed by atoms with Crippen molar-refractivity contribution in [3.63, 3.8) is 0 Å². The number of carbonyl (C=O) groups is 1. The first-order chi connectivity index (χ1) is 10.6. The lowest BCUT2D eigenvalue weighted by molar-refractivity contribution is -0.117. The van der Waals surface area contributed by atoms with E-state index in [1.54, 1.807) is 11.8 Å². The van der Waals surface area contributed by atoms with Crippen molar-refractivity contribution < 1.29 is 17.9 Å². The van der Waals surface area contributed by atoms with Crippen LogP contribution in [0.5, 0.6) is 0 Å². The third-order valence-corrected chi connectivity index (χ3v) is 6.28. The average Bonchev–Trinajstić information content (AvgIpc) is 2.45. The van der Waals surface area contributed by atoms with Crippen molar-refractivity contribution in [2.75, 3.05) is 31.9 Å². The second kappa shape index (κ2) is 6.94. The van der Waals surface area contributed by atoms with Gasteiger partial charge in [0.15, 0.2) is 0 Å². The Kier molecular flexibility index (Phi) is 5.58. The molecule has 8 heteroatoms. The van der Waals surface area contributed by atoms with E-state index in [0.29, 0.717) is 39.0 Å². The molecule has 1 unspecified atom stereocenters. The second-order valence-corrected chi connectivity index (χ2v) is 9.35. The number of carbonyl (C=O) groups excluding carboxylic acids is 1. The number of rotatable bonds is 3. The highest BCUT2D eigenvalue weighted by atomic mass is 32.2. The number of nitrogens with one attached hydrogen (secondary N) is 1. The van der Waals surface area contributed by atoms with Crippen LogP contribution in [-0.4, -0.2) is 73.3 Å². The monoisotopic (exact) mass is 347 g/mol. The van der Waals surface area contributed by atoms with Crippen molar-refractivity contribution in [2.45, 2.75) is 58.3 Å². The Morgan fingerprint density at radius 1 is 1.30 bits per heavy atom. The van der Waals surface area contributed by atoms with Crippen LogP contribution in [0.2, 0.25) is 0 Å². The van der Waals surface area contributed by atoms with Gasteiger partial charge in [0.1, 0.15) is 0 Å². The minimum Gasteiger partial charge on any atom is -0.369 e. The first-order valence-electron chi connectivity index (χ1n) is 8.34. The van der Waals surface area contributed by atoms with Crippen LogP contribution in [0.4, 0.5) is 4.79 Å². The fraction of sp³-hybridized carbons (Fsp3) is 0.933. The smallest absolute Gasteiger partial charge is 0.317 e. The van der Waals surface area contributed by atoms with Crippen LogP contribution in [-0.2, 0) is 14.8 Å². The van der Waals surface area contributed by atoms with Crippen molar-refractivity contribution in [1.82, 2.24) is 14.5 Å². The maximum atomic E-state index is 12.5. The Morgan fingerprint density at radius 3 is 2.43 bits per heavy atom. The SMILES string of the molecule is CCS(=O)(=O)N1CCC(NC(=O)N2CC(C)OC(C)(C)C2)CC1. The standard InChI is InChI=1S/C15H29N3O4S/c1-5-23(20,21)18-8-6-13(7-9-18)16-14(19)17-10-12(2)22-15(3,4)11-17/h12-13H,5-11H2,1-4H3,(H,16,19). The van der Waals surface area contributed by atoms with E-state index in [2.05, 4.69) is 5.32 Å². The molecule has 2 aliphatic heterocycles. The van der Waals surface area contributed by atoms with E-state index in [1.807, 2.05) is 20.8 Å². The summed E-state index contributed by atoms with van der Waals surface area (Å²) in [5.41, 5.74) is -0.340. The van der Waals surface area contributed by atoms with E-state index in [4.69, 9.17) is 4.74 Å². The Bertz CT molecular complexity index is 527. The highest BCUT2D eigenvalue weighted by molar-refractivity contribution is 7.89. The number of nitrogens with zero attached hydrogens (tertiary/aromatic N) is 2. The molecule has 23 heavy (non-hydrogen) atoms.